The highest BCUT2D eigenvalue weighted by molar-refractivity contribution is 5.85. The number of methoxy groups -OCH3 is 1. The van der Waals surface area contributed by atoms with Gasteiger partial charge in [0.25, 0.3) is 0 Å². The smallest absolute Gasteiger partial charge is 0.331 e. The number of esters is 2. The van der Waals surface area contributed by atoms with Crippen molar-refractivity contribution in [1.82, 2.24) is 0 Å². The van der Waals surface area contributed by atoms with E-state index in [-0.39, 0.29) is 41.9 Å². The zero-order valence-corrected chi connectivity index (χ0v) is 30.9. The fraction of sp³-hybridized carbons (Fsp3) is 0.895. The Balaban J connectivity index is 0.999. The summed E-state index contributed by atoms with van der Waals surface area (Å²) in [6.07, 6.45) is -1.29. The molecule has 0 bridgehead atoms. The van der Waals surface area contributed by atoms with Crippen molar-refractivity contribution in [3.63, 3.8) is 0 Å². The summed E-state index contributed by atoms with van der Waals surface area (Å²) in [6.45, 7) is 7.35. The molecule has 2 saturated heterocycles. The Hall–Kier alpha value is -1.72. The van der Waals surface area contributed by atoms with Crippen molar-refractivity contribution in [3.8, 4) is 0 Å². The first-order valence-electron chi connectivity index (χ1n) is 19.2. The molecule has 294 valence electrons. The molecular formula is C38H58O14. The van der Waals surface area contributed by atoms with Gasteiger partial charge in [0.1, 0.15) is 43.2 Å². The first-order chi connectivity index (χ1) is 24.6. The van der Waals surface area contributed by atoms with Gasteiger partial charge in [-0.1, -0.05) is 13.8 Å². The molecule has 0 aromatic heterocycles. The van der Waals surface area contributed by atoms with Crippen molar-refractivity contribution in [1.29, 1.82) is 0 Å². The summed E-state index contributed by atoms with van der Waals surface area (Å²) in [7, 11) is 1.57. The van der Waals surface area contributed by atoms with Gasteiger partial charge in [0.2, 0.25) is 0 Å². The molecule has 14 heteroatoms. The number of aliphatic hydroxyl groups is 5. The zero-order chi connectivity index (χ0) is 37.3. The van der Waals surface area contributed by atoms with E-state index in [1.165, 1.54) is 13.0 Å². The molecule has 6 fully saturated rings. The van der Waals surface area contributed by atoms with Crippen LogP contribution in [0.15, 0.2) is 11.6 Å². The van der Waals surface area contributed by atoms with Gasteiger partial charge in [0.15, 0.2) is 12.6 Å². The lowest BCUT2D eigenvalue weighted by atomic mass is 9.43. The van der Waals surface area contributed by atoms with E-state index in [9.17, 15) is 35.1 Å². The fourth-order valence-electron chi connectivity index (χ4n) is 11.9. The average molecular weight is 739 g/mol. The van der Waals surface area contributed by atoms with Crippen molar-refractivity contribution < 1.29 is 68.3 Å². The van der Waals surface area contributed by atoms with Crippen molar-refractivity contribution in [2.45, 2.75) is 159 Å². The van der Waals surface area contributed by atoms with Crippen LogP contribution in [0, 0.1) is 34.5 Å². The van der Waals surface area contributed by atoms with Gasteiger partial charge in [-0.3, -0.25) is 4.79 Å². The second-order valence-corrected chi connectivity index (χ2v) is 17.1. The van der Waals surface area contributed by atoms with Crippen LogP contribution < -0.4 is 0 Å². The number of hydrogen-bond donors (Lipinski definition) is 5. The summed E-state index contributed by atoms with van der Waals surface area (Å²) in [5, 5.41) is 53.3. The van der Waals surface area contributed by atoms with E-state index >= 15 is 0 Å². The molecule has 18 atom stereocenters. The summed E-state index contributed by atoms with van der Waals surface area (Å²) >= 11 is 0. The standard InChI is InChI=1S/C38H58O14/c1-18-34(52-35-33(44)32(43)31(42)27(16-39)51-35)25(46-5)14-29(48-18)50-22-8-10-36(3)21(13-22)6-7-24-23(36)9-11-37(4)30(20-12-28(41)47-17-20)26(49-19(2)40)15-38(24,37)45/h12,18,21-27,29-35,39,42-45H,6-11,13-17H2,1-5H3/t18-,21-,22+,23+,24-,25-,26+,27-,29+,30+,31-,32+,33-,34+,35+,36+,37-,38+/m1/s1. The Labute approximate surface area is 305 Å². The first-order valence-corrected chi connectivity index (χ1v) is 19.2. The number of hydrogen-bond acceptors (Lipinski definition) is 14. The molecule has 52 heavy (non-hydrogen) atoms. The Bertz CT molecular complexity index is 1370. The molecule has 5 N–H and O–H groups in total. The van der Waals surface area contributed by atoms with Gasteiger partial charge in [-0.25, -0.2) is 4.79 Å². The maximum absolute atomic E-state index is 12.8. The second kappa shape index (κ2) is 14.4. The van der Waals surface area contributed by atoms with E-state index in [2.05, 4.69) is 13.8 Å². The number of rotatable bonds is 8. The molecule has 7 aliphatic rings. The van der Waals surface area contributed by atoms with E-state index in [1.54, 1.807) is 7.11 Å². The van der Waals surface area contributed by atoms with Crippen LogP contribution >= 0.6 is 0 Å². The highest BCUT2D eigenvalue weighted by Crippen LogP contribution is 2.70. The zero-order valence-electron chi connectivity index (χ0n) is 30.9. The van der Waals surface area contributed by atoms with Gasteiger partial charge in [0.05, 0.1) is 30.5 Å². The molecule has 4 saturated carbocycles. The van der Waals surface area contributed by atoms with Crippen LogP contribution in [-0.2, 0) is 42.7 Å². The molecular weight excluding hydrogens is 680 g/mol. The number of ether oxygens (including phenoxy) is 7. The molecule has 4 aliphatic carbocycles. The van der Waals surface area contributed by atoms with Gasteiger partial charge >= 0.3 is 11.9 Å². The predicted molar refractivity (Wildman–Crippen MR) is 180 cm³/mol. The minimum atomic E-state index is -1.55. The summed E-state index contributed by atoms with van der Waals surface area (Å²) < 4.78 is 41.6. The maximum atomic E-state index is 12.8. The first kappa shape index (κ1) is 38.6. The van der Waals surface area contributed by atoms with Gasteiger partial charge < -0.3 is 58.7 Å². The van der Waals surface area contributed by atoms with Gasteiger partial charge in [-0.05, 0) is 80.6 Å². The fourth-order valence-corrected chi connectivity index (χ4v) is 11.9. The maximum Gasteiger partial charge on any atom is 0.331 e. The van der Waals surface area contributed by atoms with Crippen LogP contribution in [0.25, 0.3) is 0 Å². The topological polar surface area (TPSA) is 200 Å². The minimum absolute atomic E-state index is 0.000668. The molecule has 0 radical (unpaired) electrons. The Morgan fingerprint density at radius 3 is 2.40 bits per heavy atom. The number of fused-ring (bicyclic) bond motifs is 5. The monoisotopic (exact) mass is 738 g/mol. The third-order valence-electron chi connectivity index (χ3n) is 14.6. The minimum Gasteiger partial charge on any atom is -0.462 e. The summed E-state index contributed by atoms with van der Waals surface area (Å²) in [5.41, 5.74) is -0.799. The van der Waals surface area contributed by atoms with Gasteiger partial charge in [-0.2, -0.15) is 0 Å². The lowest BCUT2D eigenvalue weighted by molar-refractivity contribution is -0.345. The predicted octanol–water partition coefficient (Wildman–Crippen LogP) is 1.51. The Morgan fingerprint density at radius 1 is 0.962 bits per heavy atom. The SMILES string of the molecule is CO[C@@H]1C[C@H](O[C@H]2CC[C@@]3(C)[C@H](CC[C@@H]4[C@@H]3CC[C@]3(C)[C@@H](C5=CC(=O)OC5)[C@@H](OC(C)=O)C[C@]43O)C2)O[C@H](C)[C@@H]1O[C@@H]1O[C@H](CO)[C@@H](O)[C@H](O)[C@H]1O. The lowest BCUT2D eigenvalue weighted by Crippen LogP contribution is -2.62. The van der Waals surface area contributed by atoms with Crippen LogP contribution in [-0.4, -0.2) is 131 Å². The van der Waals surface area contributed by atoms with Crippen LogP contribution in [0.2, 0.25) is 0 Å². The number of aliphatic hydroxyl groups excluding tert-OH is 4. The summed E-state index contributed by atoms with van der Waals surface area (Å²) in [4.78, 5) is 24.4. The van der Waals surface area contributed by atoms with Crippen molar-refractivity contribution in [3.05, 3.63) is 11.6 Å². The lowest BCUT2D eigenvalue weighted by Gasteiger charge is -2.63. The van der Waals surface area contributed by atoms with E-state index in [0.29, 0.717) is 24.7 Å². The molecule has 0 aromatic rings. The molecule has 14 nitrogen and oxygen atoms in total. The molecule has 0 amide bonds. The van der Waals surface area contributed by atoms with E-state index < -0.39 is 79.0 Å². The van der Waals surface area contributed by atoms with Crippen molar-refractivity contribution >= 4 is 11.9 Å². The van der Waals surface area contributed by atoms with Crippen LogP contribution in [0.3, 0.4) is 0 Å². The number of carbonyl (C=O) groups excluding carboxylic acids is 2. The Kier molecular flexibility index (Phi) is 10.7. The van der Waals surface area contributed by atoms with Crippen LogP contribution in [0.4, 0.5) is 0 Å². The quantitative estimate of drug-likeness (QED) is 0.177. The second-order valence-electron chi connectivity index (χ2n) is 17.1. The summed E-state index contributed by atoms with van der Waals surface area (Å²) in [6, 6.07) is 0. The molecule has 3 heterocycles. The van der Waals surface area contributed by atoms with E-state index in [1.807, 2.05) is 6.92 Å². The highest BCUT2D eigenvalue weighted by atomic mass is 16.7. The third kappa shape index (κ3) is 6.36. The van der Waals surface area contributed by atoms with E-state index in [4.69, 9.17) is 33.2 Å². The Morgan fingerprint density at radius 2 is 1.73 bits per heavy atom. The van der Waals surface area contributed by atoms with Gasteiger partial charge in [-0.15, -0.1) is 0 Å². The van der Waals surface area contributed by atoms with E-state index in [0.717, 1.165) is 50.5 Å². The van der Waals surface area contributed by atoms with Crippen LogP contribution in [0.1, 0.15) is 85.5 Å². The van der Waals surface area contributed by atoms with Crippen molar-refractivity contribution in [2.75, 3.05) is 20.3 Å². The highest BCUT2D eigenvalue weighted by Gasteiger charge is 2.71. The molecule has 0 unspecified atom stereocenters. The summed E-state index contributed by atoms with van der Waals surface area (Å²) in [5.74, 6) is -0.323. The molecule has 0 aromatic carbocycles. The van der Waals surface area contributed by atoms with Crippen molar-refractivity contribution in [2.24, 2.45) is 34.5 Å². The third-order valence-corrected chi connectivity index (χ3v) is 14.6. The molecule has 0 spiro atoms. The van der Waals surface area contributed by atoms with Gasteiger partial charge in [0, 0.05) is 44.3 Å². The van der Waals surface area contributed by atoms with Crippen LogP contribution in [0.5, 0.6) is 0 Å². The normalized spacial score (nSPS) is 51.8. The number of carbonyl (C=O) groups is 2. The average Bonchev–Trinajstić information content (AvgIpc) is 3.61. The largest absolute Gasteiger partial charge is 0.462 e. The number of cyclic esters (lactones) is 1. The molecule has 7 rings (SSSR count). The molecule has 3 aliphatic heterocycles.